The molecule has 1 unspecified atom stereocenters. The minimum absolute atomic E-state index is 0.403. The fourth-order valence-electron chi connectivity index (χ4n) is 3.79. The zero-order chi connectivity index (χ0) is 21.2. The van der Waals surface area contributed by atoms with Crippen LogP contribution in [0, 0.1) is 6.57 Å². The van der Waals surface area contributed by atoms with Gasteiger partial charge in [-0.15, -0.1) is 4.95 Å². The molecule has 1 aromatic carbocycles. The third kappa shape index (κ3) is 4.62. The maximum Gasteiger partial charge on any atom is 0.332 e. The molecule has 0 aromatic heterocycles. The molecule has 2 N–H and O–H groups in total. The van der Waals surface area contributed by atoms with E-state index in [0.29, 0.717) is 0 Å². The molecule has 0 aliphatic heterocycles. The normalized spacial score (nSPS) is 17.5. The van der Waals surface area contributed by atoms with Crippen molar-refractivity contribution in [1.82, 2.24) is 9.62 Å². The number of urea groups is 1. The van der Waals surface area contributed by atoms with Crippen molar-refractivity contribution in [3.8, 4) is 0 Å². The summed E-state index contributed by atoms with van der Waals surface area (Å²) < 4.78 is 19.0. The van der Waals surface area contributed by atoms with Crippen LogP contribution in [0.4, 0.5) is 10.5 Å². The summed E-state index contributed by atoms with van der Waals surface area (Å²) in [5.74, 6) is 0. The van der Waals surface area contributed by atoms with Gasteiger partial charge in [0.15, 0.2) is 4.47 Å². The van der Waals surface area contributed by atoms with Crippen LogP contribution >= 0.6 is 0 Å². The summed E-state index contributed by atoms with van der Waals surface area (Å²) in [6.07, 6.45) is 7.81. The molecule has 7 nitrogen and oxygen atoms in total. The first-order chi connectivity index (χ1) is 13.6. The van der Waals surface area contributed by atoms with Crippen LogP contribution in [0.25, 0.3) is 4.95 Å². The molecule has 0 saturated heterocycles. The molecule has 29 heavy (non-hydrogen) atoms. The lowest BCUT2D eigenvalue weighted by atomic mass is 9.99. The summed E-state index contributed by atoms with van der Waals surface area (Å²) in [5.41, 5.74) is 5.46. The van der Waals surface area contributed by atoms with Crippen molar-refractivity contribution < 1.29 is 9.00 Å². The van der Waals surface area contributed by atoms with Crippen molar-refractivity contribution in [2.24, 2.45) is 4.47 Å². The van der Waals surface area contributed by atoms with Crippen LogP contribution in [0.2, 0.25) is 0 Å². The first kappa shape index (κ1) is 21.3. The number of nitrogens with zero attached hydrogens (tertiary/aromatic N) is 3. The second-order valence-electron chi connectivity index (χ2n) is 8.39. The minimum atomic E-state index is -3.35. The zero-order valence-corrected chi connectivity index (χ0v) is 18.4. The zero-order valence-electron chi connectivity index (χ0n) is 17.5. The second-order valence-corrected chi connectivity index (χ2v) is 10.2. The van der Waals surface area contributed by atoms with Gasteiger partial charge in [-0.05, 0) is 88.7 Å². The SMILES string of the molecule is [C-]#[N+]N=S(=O)(/C=C/C(C)(C)N(C)C)NC(=O)Nc1c2c(cc3c1CCC3)CCC2. The Labute approximate surface area is 173 Å². The third-order valence-corrected chi connectivity index (χ3v) is 7.23. The molecule has 0 saturated carbocycles. The first-order valence-corrected chi connectivity index (χ1v) is 11.5. The average molecular weight is 416 g/mol. The standard InChI is InChI=1S/C21H29N5O2S/c1-21(2,26(4)5)12-13-29(28,25-22-3)24-20(27)23-19-17-10-6-8-15(17)14-16-9-7-11-18(16)19/h12-14H,6-11H2,1-2,4-5H3,(H2,23,24,25,27,28)/b13-12+. The predicted octanol–water partition coefficient (Wildman–Crippen LogP) is 3.86. The molecule has 2 aliphatic carbocycles. The second kappa shape index (κ2) is 8.17. The Kier molecular flexibility index (Phi) is 6.01. The summed E-state index contributed by atoms with van der Waals surface area (Å²) in [5, 5.41) is 4.26. The molecule has 1 atom stereocenters. The van der Waals surface area contributed by atoms with Gasteiger partial charge in [0.05, 0.1) is 0 Å². The van der Waals surface area contributed by atoms with Gasteiger partial charge >= 0.3 is 6.03 Å². The number of hydrogen-bond acceptors (Lipinski definition) is 4. The third-order valence-electron chi connectivity index (χ3n) is 5.93. The van der Waals surface area contributed by atoms with Crippen molar-refractivity contribution in [3.05, 3.63) is 51.3 Å². The number of fused-ring (bicyclic) bond motifs is 2. The van der Waals surface area contributed by atoms with Gasteiger partial charge in [0, 0.05) is 16.6 Å². The lowest BCUT2D eigenvalue weighted by Crippen LogP contribution is -2.37. The average Bonchev–Trinajstić information content (AvgIpc) is 3.29. The molecule has 3 rings (SSSR count). The number of hydrogen-bond donors (Lipinski definition) is 2. The van der Waals surface area contributed by atoms with E-state index in [1.165, 1.54) is 27.7 Å². The Morgan fingerprint density at radius 3 is 2.31 bits per heavy atom. The highest BCUT2D eigenvalue weighted by atomic mass is 32.2. The molecular weight excluding hydrogens is 386 g/mol. The number of nitrogens with one attached hydrogen (secondary N) is 2. The van der Waals surface area contributed by atoms with E-state index in [2.05, 4.69) is 25.5 Å². The van der Waals surface area contributed by atoms with E-state index in [4.69, 9.17) is 6.57 Å². The number of carbonyl (C=O) groups excluding carboxylic acids is 1. The molecule has 0 heterocycles. The van der Waals surface area contributed by atoms with Crippen molar-refractivity contribution in [2.45, 2.75) is 57.9 Å². The summed E-state index contributed by atoms with van der Waals surface area (Å²) in [4.78, 5) is 17.6. The number of rotatable bonds is 5. The van der Waals surface area contributed by atoms with E-state index in [1.54, 1.807) is 6.08 Å². The minimum Gasteiger partial charge on any atom is -0.307 e. The quantitative estimate of drug-likeness (QED) is 0.566. The molecule has 0 spiro atoms. The molecule has 1 aromatic rings. The van der Waals surface area contributed by atoms with Gasteiger partial charge < -0.3 is 10.2 Å². The first-order valence-electron chi connectivity index (χ1n) is 9.90. The van der Waals surface area contributed by atoms with Crippen molar-refractivity contribution in [1.29, 1.82) is 0 Å². The Morgan fingerprint density at radius 1 is 1.21 bits per heavy atom. The van der Waals surface area contributed by atoms with Gasteiger partial charge in [0.2, 0.25) is 9.92 Å². The Balaban J connectivity index is 1.85. The molecule has 2 aliphatic rings. The van der Waals surface area contributed by atoms with E-state index >= 15 is 0 Å². The van der Waals surface area contributed by atoms with Crippen LogP contribution in [0.15, 0.2) is 22.0 Å². The number of amides is 2. The molecule has 8 heteroatoms. The fourth-order valence-corrected chi connectivity index (χ4v) is 4.91. The Morgan fingerprint density at radius 2 is 1.79 bits per heavy atom. The van der Waals surface area contributed by atoms with Crippen LogP contribution in [0.3, 0.4) is 0 Å². The largest absolute Gasteiger partial charge is 0.332 e. The van der Waals surface area contributed by atoms with Crippen molar-refractivity contribution in [3.63, 3.8) is 0 Å². The molecule has 156 valence electrons. The van der Waals surface area contributed by atoms with E-state index < -0.39 is 21.5 Å². The van der Waals surface area contributed by atoms with Crippen LogP contribution in [-0.4, -0.2) is 34.8 Å². The highest BCUT2D eigenvalue weighted by molar-refractivity contribution is 7.95. The lowest BCUT2D eigenvalue weighted by Gasteiger charge is -2.28. The van der Waals surface area contributed by atoms with E-state index in [0.717, 1.165) is 44.2 Å². The number of anilines is 1. The highest BCUT2D eigenvalue weighted by Crippen LogP contribution is 2.38. The molecule has 0 bridgehead atoms. The van der Waals surface area contributed by atoms with Gasteiger partial charge in [-0.25, -0.2) is 13.7 Å². The Bertz CT molecular complexity index is 979. The lowest BCUT2D eigenvalue weighted by molar-refractivity contribution is 0.252. The number of likely N-dealkylation sites (N-methyl/N-ethyl adjacent to an activating group) is 1. The fraction of sp³-hybridized carbons (Fsp3) is 0.524. The maximum absolute atomic E-state index is 13.1. The molecule has 0 fully saturated rings. The predicted molar refractivity (Wildman–Crippen MR) is 117 cm³/mol. The van der Waals surface area contributed by atoms with E-state index in [1.807, 2.05) is 32.8 Å². The topological polar surface area (TPSA) is 78.2 Å². The van der Waals surface area contributed by atoms with E-state index in [-0.39, 0.29) is 0 Å². The van der Waals surface area contributed by atoms with Gasteiger partial charge in [-0.3, -0.25) is 0 Å². The summed E-state index contributed by atoms with van der Waals surface area (Å²) in [6, 6.07) is 1.70. The summed E-state index contributed by atoms with van der Waals surface area (Å²) in [7, 11) is 0.444. The molecular formula is C21H29N5O2S. The highest BCUT2D eigenvalue weighted by Gasteiger charge is 2.26. The van der Waals surface area contributed by atoms with Gasteiger partial charge in [-0.1, -0.05) is 12.1 Å². The van der Waals surface area contributed by atoms with Crippen molar-refractivity contribution in [2.75, 3.05) is 19.4 Å². The number of carbonyl (C=O) groups is 1. The monoisotopic (exact) mass is 415 g/mol. The molecule has 2 amide bonds. The summed E-state index contributed by atoms with van der Waals surface area (Å²) >= 11 is 0. The van der Waals surface area contributed by atoms with Crippen LogP contribution in [0.1, 0.15) is 48.9 Å². The van der Waals surface area contributed by atoms with Crippen molar-refractivity contribution >= 4 is 21.6 Å². The van der Waals surface area contributed by atoms with E-state index in [9.17, 15) is 9.00 Å². The number of aryl methyl sites for hydroxylation is 2. The van der Waals surface area contributed by atoms with Crippen LogP contribution in [0.5, 0.6) is 0 Å². The van der Waals surface area contributed by atoms with Crippen LogP contribution in [-0.2, 0) is 35.6 Å². The van der Waals surface area contributed by atoms with Crippen LogP contribution < -0.4 is 10.0 Å². The number of benzene rings is 1. The molecule has 0 radical (unpaired) electrons. The maximum atomic E-state index is 13.1. The Hall–Kier alpha value is -2.37. The van der Waals surface area contributed by atoms with Gasteiger partial charge in [-0.2, -0.15) is 6.57 Å². The summed E-state index contributed by atoms with van der Waals surface area (Å²) in [6.45, 7) is 10.9. The van der Waals surface area contributed by atoms with Gasteiger partial charge in [0.25, 0.3) is 0 Å². The van der Waals surface area contributed by atoms with Gasteiger partial charge in [0.1, 0.15) is 0 Å². The smallest absolute Gasteiger partial charge is 0.307 e.